The van der Waals surface area contributed by atoms with Crippen molar-refractivity contribution in [3.05, 3.63) is 137 Å². The maximum Gasteiger partial charge on any atom is 0.248 e. The van der Waals surface area contributed by atoms with Crippen LogP contribution in [0.5, 0.6) is 0 Å². The number of hydrogen-bond donors (Lipinski definition) is 0. The van der Waals surface area contributed by atoms with Gasteiger partial charge in [0.1, 0.15) is 28.9 Å². The molecular formula is C34H24F2N4O2. The predicted molar refractivity (Wildman–Crippen MR) is 154 cm³/mol. The van der Waals surface area contributed by atoms with Crippen molar-refractivity contribution in [2.75, 3.05) is 9.80 Å². The van der Waals surface area contributed by atoms with Crippen molar-refractivity contribution in [2.45, 2.75) is 31.2 Å². The summed E-state index contributed by atoms with van der Waals surface area (Å²) in [6.45, 7) is -0.0691. The van der Waals surface area contributed by atoms with Gasteiger partial charge >= 0.3 is 0 Å². The number of amides is 1. The molecule has 42 heavy (non-hydrogen) atoms. The molecule has 1 atom stereocenters. The lowest BCUT2D eigenvalue weighted by Gasteiger charge is -2.45. The Bertz CT molecular complexity index is 1870. The van der Waals surface area contributed by atoms with Crippen LogP contribution in [0.25, 0.3) is 5.82 Å². The van der Waals surface area contributed by atoms with Gasteiger partial charge in [-0.2, -0.15) is 5.26 Å². The Morgan fingerprint density at radius 2 is 1.57 bits per heavy atom. The van der Waals surface area contributed by atoms with E-state index in [-0.39, 0.29) is 29.9 Å². The highest BCUT2D eigenvalue weighted by molar-refractivity contribution is 6.22. The van der Waals surface area contributed by atoms with Crippen molar-refractivity contribution in [1.82, 2.24) is 4.57 Å². The van der Waals surface area contributed by atoms with Gasteiger partial charge in [-0.05, 0) is 61.4 Å². The predicted octanol–water partition coefficient (Wildman–Crippen LogP) is 6.47. The largest absolute Gasteiger partial charge is 0.309 e. The molecule has 1 aromatic heterocycles. The molecule has 6 nitrogen and oxygen atoms in total. The maximum absolute atomic E-state index is 15.0. The minimum Gasteiger partial charge on any atom is -0.309 e. The van der Waals surface area contributed by atoms with Crippen molar-refractivity contribution in [3.8, 4) is 6.07 Å². The number of hydrogen-bond acceptors (Lipinski definition) is 4. The monoisotopic (exact) mass is 558 g/mol. The Kier molecular flexibility index (Phi) is 5.91. The molecule has 0 bridgehead atoms. The number of halogens is 2. The second-order valence-corrected chi connectivity index (χ2v) is 10.6. The summed E-state index contributed by atoms with van der Waals surface area (Å²) in [5.41, 5.74) is 1.09. The molecule has 0 N–H and O–H groups in total. The van der Waals surface area contributed by atoms with E-state index in [1.165, 1.54) is 23.1 Å². The zero-order valence-electron chi connectivity index (χ0n) is 22.4. The van der Waals surface area contributed by atoms with E-state index in [1.807, 2.05) is 17.0 Å². The lowest BCUT2D eigenvalue weighted by atomic mass is 9.63. The number of allylic oxidation sites excluding steroid dienone is 1. The molecule has 0 saturated carbocycles. The molecule has 1 spiro atoms. The number of fused-ring (bicyclic) bond motifs is 3. The summed E-state index contributed by atoms with van der Waals surface area (Å²) in [7, 11) is 0. The molecule has 3 heterocycles. The van der Waals surface area contributed by atoms with Crippen LogP contribution in [-0.2, 0) is 21.5 Å². The number of nitrogens with zero attached hydrogens (tertiary/aromatic N) is 4. The highest BCUT2D eigenvalue weighted by Gasteiger charge is 2.62. The molecule has 0 saturated heterocycles. The number of aromatic nitrogens is 1. The van der Waals surface area contributed by atoms with Crippen molar-refractivity contribution < 1.29 is 18.4 Å². The van der Waals surface area contributed by atoms with E-state index in [2.05, 4.69) is 6.07 Å². The number of rotatable bonds is 4. The van der Waals surface area contributed by atoms with Crippen LogP contribution in [0.15, 0.2) is 114 Å². The fraction of sp³-hybridized carbons (Fsp3) is 0.147. The zero-order chi connectivity index (χ0) is 29.0. The van der Waals surface area contributed by atoms with Gasteiger partial charge in [0.25, 0.3) is 0 Å². The van der Waals surface area contributed by atoms with Crippen LogP contribution < -0.4 is 9.80 Å². The fourth-order valence-electron chi connectivity index (χ4n) is 6.62. The Morgan fingerprint density at radius 3 is 2.31 bits per heavy atom. The molecule has 1 unspecified atom stereocenters. The first kappa shape index (κ1) is 25.7. The summed E-state index contributed by atoms with van der Waals surface area (Å²) >= 11 is 0. The number of benzene rings is 3. The van der Waals surface area contributed by atoms with Crippen molar-refractivity contribution in [1.29, 1.82) is 5.26 Å². The number of carbonyl (C=O) groups excluding carboxylic acids is 2. The second kappa shape index (κ2) is 9.67. The van der Waals surface area contributed by atoms with Gasteiger partial charge < -0.3 is 9.47 Å². The topological polar surface area (TPSA) is 69.3 Å². The molecule has 8 heteroatoms. The second-order valence-electron chi connectivity index (χ2n) is 10.6. The smallest absolute Gasteiger partial charge is 0.248 e. The van der Waals surface area contributed by atoms with Gasteiger partial charge in [-0.15, -0.1) is 0 Å². The van der Waals surface area contributed by atoms with E-state index < -0.39 is 23.0 Å². The summed E-state index contributed by atoms with van der Waals surface area (Å²) < 4.78 is 30.7. The number of ketones is 1. The molecule has 0 fully saturated rings. The number of nitriles is 1. The number of carbonyl (C=O) groups is 2. The first-order valence-electron chi connectivity index (χ1n) is 13.7. The molecule has 1 amide bonds. The maximum atomic E-state index is 15.0. The normalized spacial score (nSPS) is 19.8. The van der Waals surface area contributed by atoms with Gasteiger partial charge in [0.2, 0.25) is 5.91 Å². The molecule has 206 valence electrons. The Balaban J connectivity index is 1.57. The molecule has 4 aromatic rings. The van der Waals surface area contributed by atoms with Crippen LogP contribution in [-0.4, -0.2) is 16.3 Å². The molecular weight excluding hydrogens is 534 g/mol. The average Bonchev–Trinajstić information content (AvgIpc) is 3.62. The zero-order valence-corrected chi connectivity index (χ0v) is 22.4. The molecule has 7 rings (SSSR count). The quantitative estimate of drug-likeness (QED) is 0.288. The molecule has 1 aliphatic carbocycles. The van der Waals surface area contributed by atoms with Crippen LogP contribution in [0.4, 0.5) is 20.2 Å². The van der Waals surface area contributed by atoms with Crippen molar-refractivity contribution >= 4 is 28.9 Å². The van der Waals surface area contributed by atoms with Gasteiger partial charge in [0.15, 0.2) is 5.78 Å². The van der Waals surface area contributed by atoms with Gasteiger partial charge in [-0.25, -0.2) is 8.78 Å². The van der Waals surface area contributed by atoms with Crippen LogP contribution in [0.1, 0.15) is 30.4 Å². The van der Waals surface area contributed by atoms with E-state index in [0.717, 1.165) is 0 Å². The molecule has 3 aromatic carbocycles. The third-order valence-electron chi connectivity index (χ3n) is 8.34. The summed E-state index contributed by atoms with van der Waals surface area (Å²) in [5, 5.41) is 11.0. The fourth-order valence-corrected chi connectivity index (χ4v) is 6.62. The molecule has 0 radical (unpaired) electrons. The standard InChI is InChI=1S/C34H24F2N4O2/c35-23-14-16-24(17-15-23)40-29-12-7-13-30(41)31(29)34(26(20-37)32(40)38-18-5-6-19-38)25-9-2-4-11-28(25)39(33(34)42)21-22-8-1-3-10-27(22)36/h1-6,8-11,14-19H,7,12-13,21H2. The third-order valence-corrected chi connectivity index (χ3v) is 8.34. The third kappa shape index (κ3) is 3.53. The lowest BCUT2D eigenvalue weighted by molar-refractivity contribution is -0.124. The summed E-state index contributed by atoms with van der Waals surface area (Å²) in [4.78, 5) is 32.3. The molecule has 3 aliphatic rings. The average molecular weight is 559 g/mol. The summed E-state index contributed by atoms with van der Waals surface area (Å²) in [5.74, 6) is -1.18. The minimum atomic E-state index is -1.74. The van der Waals surface area contributed by atoms with Crippen LogP contribution in [0.2, 0.25) is 0 Å². The lowest BCUT2D eigenvalue weighted by Crippen LogP contribution is -2.51. The minimum absolute atomic E-state index is 0.0691. The van der Waals surface area contributed by atoms with Gasteiger partial charge in [0, 0.05) is 52.6 Å². The molecule has 2 aliphatic heterocycles. The SMILES string of the molecule is N#CC1=C(n2cccc2)N(c2ccc(F)cc2)C2=C(C(=O)CCC2)C12C(=O)N(Cc1ccccc1F)c1ccccc12. The van der Waals surface area contributed by atoms with Gasteiger partial charge in [-0.3, -0.25) is 14.5 Å². The van der Waals surface area contributed by atoms with Crippen molar-refractivity contribution in [2.24, 2.45) is 0 Å². The van der Waals surface area contributed by atoms with Crippen molar-refractivity contribution in [3.63, 3.8) is 0 Å². The number of para-hydroxylation sites is 1. The summed E-state index contributed by atoms with van der Waals surface area (Å²) in [6, 6.07) is 25.2. The van der Waals surface area contributed by atoms with E-state index in [9.17, 15) is 23.6 Å². The first-order chi connectivity index (χ1) is 20.5. The Labute approximate surface area is 241 Å². The number of Topliss-reactive ketones (excluding diaryl/α,β-unsaturated/α-hetero) is 1. The Morgan fingerprint density at radius 1 is 0.857 bits per heavy atom. The highest BCUT2D eigenvalue weighted by Crippen LogP contribution is 2.58. The van der Waals surface area contributed by atoms with Crippen LogP contribution in [0.3, 0.4) is 0 Å². The van der Waals surface area contributed by atoms with Crippen LogP contribution in [0, 0.1) is 23.0 Å². The summed E-state index contributed by atoms with van der Waals surface area (Å²) in [6.07, 6.45) is 4.79. The number of anilines is 2. The Hall–Kier alpha value is -5.29. The van der Waals surface area contributed by atoms with Gasteiger partial charge in [0.05, 0.1) is 12.1 Å². The van der Waals surface area contributed by atoms with Gasteiger partial charge in [-0.1, -0.05) is 36.4 Å². The van der Waals surface area contributed by atoms with E-state index in [1.54, 1.807) is 71.6 Å². The highest BCUT2D eigenvalue weighted by atomic mass is 19.1. The van der Waals surface area contributed by atoms with E-state index >= 15 is 0 Å². The first-order valence-corrected chi connectivity index (χ1v) is 13.7. The van der Waals surface area contributed by atoms with E-state index in [4.69, 9.17) is 0 Å². The van der Waals surface area contributed by atoms with Crippen LogP contribution >= 0.6 is 0 Å². The van der Waals surface area contributed by atoms with E-state index in [0.29, 0.717) is 46.9 Å².